The molecular formula is C12H6F13N. The van der Waals surface area contributed by atoms with Crippen LogP contribution in [0.15, 0.2) is 24.3 Å². The van der Waals surface area contributed by atoms with Gasteiger partial charge in [-0.25, -0.2) is 0 Å². The number of hydrogen-bond acceptors (Lipinski definition) is 1. The molecule has 0 saturated heterocycles. The van der Waals surface area contributed by atoms with E-state index < -0.39 is 41.4 Å². The Morgan fingerprint density at radius 1 is 0.500 bits per heavy atom. The van der Waals surface area contributed by atoms with Gasteiger partial charge < -0.3 is 5.73 Å². The normalized spacial score (nSPS) is 15.3. The van der Waals surface area contributed by atoms with E-state index in [-0.39, 0.29) is 17.8 Å². The highest BCUT2D eigenvalue weighted by atomic mass is 19.4. The molecule has 0 amide bonds. The van der Waals surface area contributed by atoms with Crippen LogP contribution < -0.4 is 5.73 Å². The van der Waals surface area contributed by atoms with Gasteiger partial charge in [-0.2, -0.15) is 57.1 Å². The van der Waals surface area contributed by atoms with Gasteiger partial charge in [0.05, 0.1) is 0 Å². The van der Waals surface area contributed by atoms with Gasteiger partial charge in [-0.05, 0) is 12.1 Å². The predicted octanol–water partition coefficient (Wildman–Crippen LogP) is 5.46. The number of halogens is 13. The third-order valence-corrected chi connectivity index (χ3v) is 3.21. The van der Waals surface area contributed by atoms with Crippen molar-refractivity contribution in [2.24, 2.45) is 0 Å². The zero-order valence-electron chi connectivity index (χ0n) is 11.8. The van der Waals surface area contributed by atoms with Crippen LogP contribution in [0.1, 0.15) is 5.56 Å². The summed E-state index contributed by atoms with van der Waals surface area (Å²) in [6, 6.07) is 0.887. The van der Waals surface area contributed by atoms with Gasteiger partial charge >= 0.3 is 35.8 Å². The molecule has 2 N–H and O–H groups in total. The molecule has 0 radical (unpaired) electrons. The number of alkyl halides is 13. The van der Waals surface area contributed by atoms with Crippen LogP contribution in [0, 0.1) is 0 Å². The van der Waals surface area contributed by atoms with Gasteiger partial charge in [0.25, 0.3) is 0 Å². The molecule has 26 heavy (non-hydrogen) atoms. The van der Waals surface area contributed by atoms with Crippen molar-refractivity contribution in [2.45, 2.75) is 35.8 Å². The second kappa shape index (κ2) is 5.81. The minimum absolute atomic E-state index is 0.0145. The van der Waals surface area contributed by atoms with Gasteiger partial charge in [-0.3, -0.25) is 0 Å². The minimum atomic E-state index is -7.90. The van der Waals surface area contributed by atoms with Crippen molar-refractivity contribution >= 4 is 5.69 Å². The van der Waals surface area contributed by atoms with Crippen LogP contribution in [-0.4, -0.2) is 29.9 Å². The van der Waals surface area contributed by atoms with Crippen LogP contribution in [0.4, 0.5) is 62.8 Å². The van der Waals surface area contributed by atoms with E-state index in [1.54, 1.807) is 0 Å². The maximum Gasteiger partial charge on any atom is 0.460 e. The summed E-state index contributed by atoms with van der Waals surface area (Å²) < 4.78 is 168. The Kier molecular flexibility index (Phi) is 4.95. The smallest absolute Gasteiger partial charge is 0.399 e. The molecule has 0 aliphatic carbocycles. The zero-order valence-corrected chi connectivity index (χ0v) is 11.8. The fourth-order valence-electron chi connectivity index (χ4n) is 1.64. The molecule has 0 aliphatic heterocycles. The first-order valence-corrected chi connectivity index (χ1v) is 6.07. The minimum Gasteiger partial charge on any atom is -0.399 e. The van der Waals surface area contributed by atoms with Crippen LogP contribution in [0.3, 0.4) is 0 Å². The lowest BCUT2D eigenvalue weighted by Crippen LogP contribution is -2.69. The number of nitrogen functional groups attached to an aromatic ring is 1. The topological polar surface area (TPSA) is 26.0 Å². The van der Waals surface area contributed by atoms with Crippen LogP contribution >= 0.6 is 0 Å². The number of nitrogens with two attached hydrogens (primary N) is 1. The van der Waals surface area contributed by atoms with Crippen molar-refractivity contribution in [3.63, 3.8) is 0 Å². The third-order valence-electron chi connectivity index (χ3n) is 3.21. The summed E-state index contributed by atoms with van der Waals surface area (Å²) in [4.78, 5) is 0. The van der Waals surface area contributed by atoms with Gasteiger partial charge in [0.15, 0.2) is 0 Å². The number of anilines is 1. The summed E-state index contributed by atoms with van der Waals surface area (Å²) >= 11 is 0. The highest BCUT2D eigenvalue weighted by Crippen LogP contribution is 2.61. The maximum absolute atomic E-state index is 13.6. The Morgan fingerprint density at radius 3 is 1.19 bits per heavy atom. The van der Waals surface area contributed by atoms with Gasteiger partial charge in [-0.15, -0.1) is 0 Å². The second-order valence-corrected chi connectivity index (χ2v) is 4.99. The van der Waals surface area contributed by atoms with E-state index >= 15 is 0 Å². The fraction of sp³-hybridized carbons (Fsp3) is 0.500. The van der Waals surface area contributed by atoms with E-state index in [2.05, 4.69) is 0 Å². The van der Waals surface area contributed by atoms with Crippen LogP contribution in [-0.2, 0) is 5.92 Å². The van der Waals surface area contributed by atoms with E-state index in [0.717, 1.165) is 0 Å². The quantitative estimate of drug-likeness (QED) is 0.505. The molecule has 1 nitrogen and oxygen atoms in total. The third kappa shape index (κ3) is 2.82. The average molecular weight is 411 g/mol. The van der Waals surface area contributed by atoms with Crippen LogP contribution in [0.2, 0.25) is 0 Å². The molecule has 0 bridgehead atoms. The molecule has 150 valence electrons. The van der Waals surface area contributed by atoms with Crippen molar-refractivity contribution in [3.8, 4) is 0 Å². The molecular weight excluding hydrogens is 405 g/mol. The van der Waals surface area contributed by atoms with E-state index in [9.17, 15) is 57.1 Å². The Morgan fingerprint density at radius 2 is 0.846 bits per heavy atom. The highest BCUT2D eigenvalue weighted by molar-refractivity contribution is 5.41. The summed E-state index contributed by atoms with van der Waals surface area (Å²) in [5.74, 6) is -37.0. The standard InChI is InChI=1S/C12H6F13N/c13-7(14,5-1-3-6(26)4-2-5)8(15,16)9(17,18)10(19,20)11(21,22)12(23,24)25/h1-4H,26H2. The van der Waals surface area contributed by atoms with E-state index in [1.165, 1.54) is 0 Å². The molecule has 0 fully saturated rings. The first-order chi connectivity index (χ1) is 11.2. The SMILES string of the molecule is Nc1ccc(C(F)(F)C(F)(F)C(F)(F)C(F)(F)C(F)(F)C(F)(F)F)cc1. The molecule has 0 atom stereocenters. The van der Waals surface area contributed by atoms with Crippen LogP contribution in [0.25, 0.3) is 0 Å². The molecule has 0 aromatic heterocycles. The fourth-order valence-corrected chi connectivity index (χ4v) is 1.64. The maximum atomic E-state index is 13.6. The molecule has 1 rings (SSSR count). The Balaban J connectivity index is 3.55. The van der Waals surface area contributed by atoms with E-state index in [1.807, 2.05) is 0 Å². The van der Waals surface area contributed by atoms with Gasteiger partial charge in [-0.1, -0.05) is 12.1 Å². The Bertz CT molecular complexity index is 644. The van der Waals surface area contributed by atoms with Gasteiger partial charge in [0.1, 0.15) is 0 Å². The lowest BCUT2D eigenvalue weighted by molar-refractivity contribution is -0.441. The number of benzene rings is 1. The average Bonchev–Trinajstić information content (AvgIpc) is 2.45. The number of rotatable bonds is 5. The van der Waals surface area contributed by atoms with Crippen molar-refractivity contribution in [3.05, 3.63) is 29.8 Å². The molecule has 1 aromatic rings. The van der Waals surface area contributed by atoms with Gasteiger partial charge in [0.2, 0.25) is 0 Å². The molecule has 0 unspecified atom stereocenters. The van der Waals surface area contributed by atoms with Crippen molar-refractivity contribution in [1.29, 1.82) is 0 Å². The lowest BCUT2D eigenvalue weighted by Gasteiger charge is -2.39. The first-order valence-electron chi connectivity index (χ1n) is 6.07. The predicted molar refractivity (Wildman–Crippen MR) is 60.6 cm³/mol. The molecule has 0 saturated carbocycles. The summed E-state index contributed by atoms with van der Waals surface area (Å²) in [6.07, 6.45) is -7.42. The molecule has 0 spiro atoms. The summed E-state index contributed by atoms with van der Waals surface area (Å²) in [7, 11) is 0. The number of hydrogen-bond donors (Lipinski definition) is 1. The lowest BCUT2D eigenvalue weighted by atomic mass is 9.90. The molecule has 1 aromatic carbocycles. The summed E-state index contributed by atoms with van der Waals surface area (Å²) in [6.45, 7) is 0. The summed E-state index contributed by atoms with van der Waals surface area (Å²) in [5, 5.41) is 0. The zero-order chi connectivity index (χ0) is 21.0. The molecule has 14 heteroatoms. The summed E-state index contributed by atoms with van der Waals surface area (Å²) in [5.41, 5.74) is 2.59. The Labute approximate surface area is 135 Å². The highest BCUT2D eigenvalue weighted by Gasteiger charge is 2.90. The van der Waals surface area contributed by atoms with Crippen molar-refractivity contribution < 1.29 is 57.1 Å². The second-order valence-electron chi connectivity index (χ2n) is 4.99. The van der Waals surface area contributed by atoms with Crippen molar-refractivity contribution in [1.82, 2.24) is 0 Å². The monoisotopic (exact) mass is 411 g/mol. The van der Waals surface area contributed by atoms with Gasteiger partial charge in [0, 0.05) is 11.3 Å². The Hall–Kier alpha value is -1.89. The van der Waals surface area contributed by atoms with Crippen molar-refractivity contribution in [2.75, 3.05) is 5.73 Å². The largest absolute Gasteiger partial charge is 0.460 e. The van der Waals surface area contributed by atoms with E-state index in [0.29, 0.717) is 12.1 Å². The first kappa shape index (κ1) is 22.2. The van der Waals surface area contributed by atoms with E-state index in [4.69, 9.17) is 5.73 Å². The van der Waals surface area contributed by atoms with Crippen LogP contribution in [0.5, 0.6) is 0 Å². The molecule has 0 heterocycles. The molecule has 0 aliphatic rings.